The number of hydrogen-bond acceptors (Lipinski definition) is 6. The lowest BCUT2D eigenvalue weighted by atomic mass is 10.2. The van der Waals surface area contributed by atoms with Crippen molar-refractivity contribution in [3.8, 4) is 11.5 Å². The van der Waals surface area contributed by atoms with Gasteiger partial charge < -0.3 is 14.8 Å². The van der Waals surface area contributed by atoms with Crippen molar-refractivity contribution in [2.45, 2.75) is 38.1 Å². The van der Waals surface area contributed by atoms with Crippen molar-refractivity contribution in [1.82, 2.24) is 9.21 Å². The van der Waals surface area contributed by atoms with E-state index in [0.717, 1.165) is 18.4 Å². The van der Waals surface area contributed by atoms with E-state index < -0.39 is 10.0 Å². The molecule has 0 bridgehead atoms. The normalized spacial score (nSPS) is 14.4. The Labute approximate surface area is 196 Å². The molecule has 2 aromatic rings. The molecule has 0 aliphatic carbocycles. The summed E-state index contributed by atoms with van der Waals surface area (Å²) in [4.78, 5) is 14.9. The van der Waals surface area contributed by atoms with E-state index in [1.54, 1.807) is 31.4 Å². The van der Waals surface area contributed by atoms with E-state index in [1.807, 2.05) is 36.9 Å². The zero-order valence-corrected chi connectivity index (χ0v) is 20.4. The number of sulfonamides is 1. The first-order valence-corrected chi connectivity index (χ1v) is 12.7. The molecule has 180 valence electrons. The van der Waals surface area contributed by atoms with Gasteiger partial charge in [0.25, 0.3) is 0 Å². The number of nitrogens with one attached hydrogen (secondary N) is 1. The molecule has 9 heteroatoms. The predicted octanol–water partition coefficient (Wildman–Crippen LogP) is 3.34. The van der Waals surface area contributed by atoms with Crippen LogP contribution in [-0.2, 0) is 21.4 Å². The Morgan fingerprint density at radius 2 is 1.76 bits per heavy atom. The van der Waals surface area contributed by atoms with Crippen LogP contribution in [0.4, 0.5) is 5.69 Å². The predicted molar refractivity (Wildman–Crippen MR) is 128 cm³/mol. The van der Waals surface area contributed by atoms with Crippen LogP contribution >= 0.6 is 0 Å². The van der Waals surface area contributed by atoms with Crippen molar-refractivity contribution >= 4 is 21.6 Å². The van der Waals surface area contributed by atoms with Gasteiger partial charge in [0.1, 0.15) is 0 Å². The van der Waals surface area contributed by atoms with Gasteiger partial charge in [-0.3, -0.25) is 9.69 Å². The molecule has 0 radical (unpaired) electrons. The Morgan fingerprint density at radius 3 is 2.36 bits per heavy atom. The summed E-state index contributed by atoms with van der Waals surface area (Å²) in [5.41, 5.74) is 1.58. The molecule has 1 aliphatic heterocycles. The molecular formula is C24H33N3O5S. The van der Waals surface area contributed by atoms with Crippen LogP contribution in [-0.4, -0.2) is 63.4 Å². The van der Waals surface area contributed by atoms with Crippen molar-refractivity contribution in [3.63, 3.8) is 0 Å². The van der Waals surface area contributed by atoms with Crippen LogP contribution in [0.25, 0.3) is 0 Å². The maximum absolute atomic E-state index is 12.6. The average Bonchev–Trinajstić information content (AvgIpc) is 3.36. The minimum Gasteiger partial charge on any atom is -0.493 e. The van der Waals surface area contributed by atoms with Gasteiger partial charge in [0, 0.05) is 25.3 Å². The molecule has 1 amide bonds. The largest absolute Gasteiger partial charge is 0.493 e. The molecule has 1 heterocycles. The average molecular weight is 476 g/mol. The van der Waals surface area contributed by atoms with Gasteiger partial charge in [0.15, 0.2) is 11.5 Å². The number of hydrogen-bond donors (Lipinski definition) is 1. The molecule has 0 atom stereocenters. The topological polar surface area (TPSA) is 88.2 Å². The summed E-state index contributed by atoms with van der Waals surface area (Å²) >= 11 is 0. The van der Waals surface area contributed by atoms with Gasteiger partial charge in [0.2, 0.25) is 15.9 Å². The van der Waals surface area contributed by atoms with Gasteiger partial charge in [-0.2, -0.15) is 4.31 Å². The number of ether oxygens (including phenoxy) is 2. The molecule has 1 aliphatic rings. The van der Waals surface area contributed by atoms with E-state index in [9.17, 15) is 13.2 Å². The zero-order valence-electron chi connectivity index (χ0n) is 19.5. The van der Waals surface area contributed by atoms with E-state index in [0.29, 0.717) is 50.0 Å². The molecule has 2 aromatic carbocycles. The summed E-state index contributed by atoms with van der Waals surface area (Å²) in [6.07, 6.45) is 1.79. The number of rotatable bonds is 11. The smallest absolute Gasteiger partial charge is 0.243 e. The molecule has 33 heavy (non-hydrogen) atoms. The monoisotopic (exact) mass is 475 g/mol. The van der Waals surface area contributed by atoms with E-state index in [1.165, 1.54) is 4.31 Å². The first-order chi connectivity index (χ1) is 15.9. The molecular weight excluding hydrogens is 442 g/mol. The minimum atomic E-state index is -3.46. The van der Waals surface area contributed by atoms with Gasteiger partial charge in [-0.1, -0.05) is 13.0 Å². The first kappa shape index (κ1) is 25.0. The number of benzene rings is 2. The maximum Gasteiger partial charge on any atom is 0.243 e. The number of likely N-dealkylation sites (N-methyl/N-ethyl adjacent to an activating group) is 1. The Bertz CT molecular complexity index is 1030. The third kappa shape index (κ3) is 6.46. The van der Waals surface area contributed by atoms with Gasteiger partial charge in [-0.25, -0.2) is 8.42 Å². The van der Waals surface area contributed by atoms with Crippen LogP contribution in [0, 0.1) is 0 Å². The summed E-state index contributed by atoms with van der Waals surface area (Å²) in [6.45, 7) is 7.08. The van der Waals surface area contributed by atoms with Gasteiger partial charge >= 0.3 is 0 Å². The molecule has 1 saturated heterocycles. The van der Waals surface area contributed by atoms with Crippen LogP contribution < -0.4 is 14.8 Å². The van der Waals surface area contributed by atoms with E-state index in [-0.39, 0.29) is 17.3 Å². The highest BCUT2D eigenvalue weighted by Gasteiger charge is 2.27. The lowest BCUT2D eigenvalue weighted by Crippen LogP contribution is -2.32. The summed E-state index contributed by atoms with van der Waals surface area (Å²) in [5.74, 6) is 1.20. The molecule has 0 unspecified atom stereocenters. The quantitative estimate of drug-likeness (QED) is 0.536. The van der Waals surface area contributed by atoms with Crippen molar-refractivity contribution < 1.29 is 22.7 Å². The van der Waals surface area contributed by atoms with Crippen LogP contribution in [0.2, 0.25) is 0 Å². The highest BCUT2D eigenvalue weighted by Crippen LogP contribution is 2.28. The highest BCUT2D eigenvalue weighted by atomic mass is 32.2. The molecule has 8 nitrogen and oxygen atoms in total. The second-order valence-electron chi connectivity index (χ2n) is 7.91. The van der Waals surface area contributed by atoms with Crippen molar-refractivity contribution in [2.24, 2.45) is 0 Å². The van der Waals surface area contributed by atoms with Crippen molar-refractivity contribution in [1.29, 1.82) is 0 Å². The number of methoxy groups -OCH3 is 1. The van der Waals surface area contributed by atoms with Crippen LogP contribution in [0.5, 0.6) is 11.5 Å². The van der Waals surface area contributed by atoms with Crippen LogP contribution in [0.3, 0.4) is 0 Å². The standard InChI is InChI=1S/C24H33N3O5S/c1-4-26(17-19-8-13-22(32-5-2)23(16-19)31-3)18-24(28)25-20-9-11-21(12-10-20)33(29,30)27-14-6-7-15-27/h8-13,16H,4-7,14-15,17-18H2,1-3H3,(H,25,28). The zero-order chi connectivity index (χ0) is 23.8. The summed E-state index contributed by atoms with van der Waals surface area (Å²) < 4.78 is 37.8. The number of carbonyl (C=O) groups is 1. The van der Waals surface area contributed by atoms with Gasteiger partial charge in [0.05, 0.1) is 25.2 Å². The van der Waals surface area contributed by atoms with Crippen molar-refractivity contribution in [2.75, 3.05) is 45.2 Å². The fourth-order valence-corrected chi connectivity index (χ4v) is 5.33. The Balaban J connectivity index is 1.59. The minimum absolute atomic E-state index is 0.162. The third-order valence-electron chi connectivity index (χ3n) is 5.59. The van der Waals surface area contributed by atoms with Gasteiger partial charge in [-0.05, 0) is 68.3 Å². The number of nitrogens with zero attached hydrogens (tertiary/aromatic N) is 2. The second kappa shape index (κ2) is 11.5. The van der Waals surface area contributed by atoms with E-state index in [4.69, 9.17) is 9.47 Å². The number of carbonyl (C=O) groups excluding carboxylic acids is 1. The fourth-order valence-electron chi connectivity index (χ4n) is 3.81. The van der Waals surface area contributed by atoms with Crippen LogP contribution in [0.15, 0.2) is 47.4 Å². The molecule has 3 rings (SSSR count). The Hall–Kier alpha value is -2.62. The van der Waals surface area contributed by atoms with Gasteiger partial charge in [-0.15, -0.1) is 0 Å². The van der Waals surface area contributed by atoms with Crippen LogP contribution in [0.1, 0.15) is 32.3 Å². The second-order valence-corrected chi connectivity index (χ2v) is 9.84. The summed E-state index contributed by atoms with van der Waals surface area (Å²) in [5, 5.41) is 2.86. The Morgan fingerprint density at radius 1 is 1.06 bits per heavy atom. The SMILES string of the molecule is CCOc1ccc(CN(CC)CC(=O)Nc2ccc(S(=O)(=O)N3CCCC3)cc2)cc1OC. The highest BCUT2D eigenvalue weighted by molar-refractivity contribution is 7.89. The van der Waals surface area contributed by atoms with E-state index >= 15 is 0 Å². The molecule has 0 saturated carbocycles. The lowest BCUT2D eigenvalue weighted by Gasteiger charge is -2.21. The fraction of sp³-hybridized carbons (Fsp3) is 0.458. The van der Waals surface area contributed by atoms with Crippen molar-refractivity contribution in [3.05, 3.63) is 48.0 Å². The molecule has 0 aromatic heterocycles. The maximum atomic E-state index is 12.6. The number of anilines is 1. The summed E-state index contributed by atoms with van der Waals surface area (Å²) in [6, 6.07) is 12.1. The molecule has 0 spiro atoms. The molecule has 1 N–H and O–H groups in total. The Kier molecular flexibility index (Phi) is 8.71. The first-order valence-electron chi connectivity index (χ1n) is 11.3. The molecule has 1 fully saturated rings. The lowest BCUT2D eigenvalue weighted by molar-refractivity contribution is -0.117. The summed E-state index contributed by atoms with van der Waals surface area (Å²) in [7, 11) is -1.86. The number of amides is 1. The van der Waals surface area contributed by atoms with E-state index in [2.05, 4.69) is 5.32 Å². The third-order valence-corrected chi connectivity index (χ3v) is 7.50.